The molecule has 0 aliphatic heterocycles. The molecular formula is C22H38O. The minimum atomic E-state index is -0.0530. The molecule has 3 unspecified atom stereocenters. The Hall–Kier alpha value is -0.560. The van der Waals surface area contributed by atoms with E-state index in [1.54, 1.807) is 11.1 Å². The average Bonchev–Trinajstić information content (AvgIpc) is 2.54. The molecule has 0 saturated heterocycles. The molecule has 2 aliphatic carbocycles. The molecule has 0 spiro atoms. The minimum Gasteiger partial charge on any atom is -0.393 e. The highest BCUT2D eigenvalue weighted by Gasteiger charge is 2.32. The van der Waals surface area contributed by atoms with E-state index in [9.17, 15) is 5.11 Å². The largest absolute Gasteiger partial charge is 0.393 e. The van der Waals surface area contributed by atoms with Gasteiger partial charge in [-0.05, 0) is 61.3 Å². The van der Waals surface area contributed by atoms with Gasteiger partial charge in [-0.2, -0.15) is 0 Å². The Morgan fingerprint density at radius 2 is 1.96 bits per heavy atom. The maximum Gasteiger partial charge on any atom is 0.0543 e. The summed E-state index contributed by atoms with van der Waals surface area (Å²) in [6.07, 6.45) is 17.2. The van der Waals surface area contributed by atoms with Crippen molar-refractivity contribution in [2.45, 2.75) is 98.0 Å². The van der Waals surface area contributed by atoms with Crippen molar-refractivity contribution in [1.29, 1.82) is 0 Å². The molecule has 0 aromatic rings. The number of aliphatic hydroxyl groups is 1. The van der Waals surface area contributed by atoms with Crippen molar-refractivity contribution >= 4 is 0 Å². The predicted molar refractivity (Wildman–Crippen MR) is 100 cm³/mol. The predicted octanol–water partition coefficient (Wildman–Crippen LogP) is 6.43. The van der Waals surface area contributed by atoms with Crippen LogP contribution < -0.4 is 0 Å². The Labute approximate surface area is 144 Å². The van der Waals surface area contributed by atoms with Crippen molar-refractivity contribution in [3.8, 4) is 0 Å². The lowest BCUT2D eigenvalue weighted by molar-refractivity contribution is 0.0851. The van der Waals surface area contributed by atoms with Gasteiger partial charge in [0.15, 0.2) is 0 Å². The second-order valence-electron chi connectivity index (χ2n) is 8.50. The lowest BCUT2D eigenvalue weighted by Gasteiger charge is -2.38. The second-order valence-corrected chi connectivity index (χ2v) is 8.50. The molecule has 2 rings (SSSR count). The first-order valence-electron chi connectivity index (χ1n) is 10.1. The average molecular weight is 319 g/mol. The van der Waals surface area contributed by atoms with Gasteiger partial charge in [-0.1, -0.05) is 71.1 Å². The Balaban J connectivity index is 2.05. The SMILES string of the molecule is CCCCCC(C)(C)C1=CCC(C2CCCC(O)C2)C(CC)=C1. The fourth-order valence-electron chi connectivity index (χ4n) is 4.63. The molecule has 0 aromatic heterocycles. The molecule has 0 bridgehead atoms. The molecule has 2 aliphatic rings. The lowest BCUT2D eigenvalue weighted by Crippen LogP contribution is -2.28. The van der Waals surface area contributed by atoms with Crippen LogP contribution >= 0.6 is 0 Å². The van der Waals surface area contributed by atoms with E-state index in [4.69, 9.17) is 0 Å². The highest BCUT2D eigenvalue weighted by molar-refractivity contribution is 5.34. The lowest BCUT2D eigenvalue weighted by atomic mass is 9.68. The number of allylic oxidation sites excluding steroid dienone is 4. The fraction of sp³-hybridized carbons (Fsp3) is 0.818. The minimum absolute atomic E-state index is 0.0530. The molecule has 0 amide bonds. The van der Waals surface area contributed by atoms with Crippen LogP contribution in [0.5, 0.6) is 0 Å². The quantitative estimate of drug-likeness (QED) is 0.536. The third-order valence-electron chi connectivity index (χ3n) is 6.26. The molecule has 1 nitrogen and oxygen atoms in total. The van der Waals surface area contributed by atoms with Crippen LogP contribution in [0.4, 0.5) is 0 Å². The molecule has 1 saturated carbocycles. The molecule has 0 aromatic carbocycles. The highest BCUT2D eigenvalue weighted by Crippen LogP contribution is 2.44. The molecule has 3 atom stereocenters. The molecule has 1 heteroatoms. The van der Waals surface area contributed by atoms with Crippen LogP contribution in [0.3, 0.4) is 0 Å². The molecule has 0 heterocycles. The van der Waals surface area contributed by atoms with Crippen LogP contribution in [0.1, 0.15) is 91.9 Å². The van der Waals surface area contributed by atoms with Crippen molar-refractivity contribution in [3.63, 3.8) is 0 Å². The van der Waals surface area contributed by atoms with E-state index in [0.717, 1.165) is 12.8 Å². The van der Waals surface area contributed by atoms with E-state index in [-0.39, 0.29) is 6.10 Å². The molecule has 132 valence electrons. The Kier molecular flexibility index (Phi) is 6.95. The topological polar surface area (TPSA) is 20.2 Å². The van der Waals surface area contributed by atoms with Crippen LogP contribution in [-0.2, 0) is 0 Å². The first-order valence-corrected chi connectivity index (χ1v) is 10.1. The summed E-state index contributed by atoms with van der Waals surface area (Å²) in [7, 11) is 0. The number of rotatable bonds is 7. The smallest absolute Gasteiger partial charge is 0.0543 e. The summed E-state index contributed by atoms with van der Waals surface area (Å²) < 4.78 is 0. The first kappa shape index (κ1) is 18.8. The molecule has 1 N–H and O–H groups in total. The van der Waals surface area contributed by atoms with Crippen LogP contribution in [0, 0.1) is 17.3 Å². The zero-order chi connectivity index (χ0) is 16.9. The summed E-state index contributed by atoms with van der Waals surface area (Å²) in [6.45, 7) is 9.43. The van der Waals surface area contributed by atoms with Crippen LogP contribution in [0.15, 0.2) is 23.3 Å². The number of hydrogen-bond donors (Lipinski definition) is 1. The molecular weight excluding hydrogens is 280 g/mol. The normalized spacial score (nSPS) is 29.2. The standard InChI is InChI=1S/C22H38O/c1-5-7-8-14-22(3,4)19-12-13-21(17(6-2)15-19)18-10-9-11-20(23)16-18/h12,15,18,20-21,23H,5-11,13-14,16H2,1-4H3. The van der Waals surface area contributed by atoms with E-state index < -0.39 is 0 Å². The third-order valence-corrected chi connectivity index (χ3v) is 6.26. The second kappa shape index (κ2) is 8.51. The third kappa shape index (κ3) is 4.95. The van der Waals surface area contributed by atoms with Crippen LogP contribution in [-0.4, -0.2) is 11.2 Å². The van der Waals surface area contributed by atoms with Gasteiger partial charge < -0.3 is 5.11 Å². The Morgan fingerprint density at radius 1 is 1.17 bits per heavy atom. The zero-order valence-corrected chi connectivity index (χ0v) is 15.9. The monoisotopic (exact) mass is 318 g/mol. The van der Waals surface area contributed by atoms with Gasteiger partial charge in [0.1, 0.15) is 0 Å². The Morgan fingerprint density at radius 3 is 2.61 bits per heavy atom. The van der Waals surface area contributed by atoms with E-state index in [1.165, 1.54) is 51.4 Å². The Bertz CT molecular complexity index is 429. The van der Waals surface area contributed by atoms with Crippen LogP contribution in [0.25, 0.3) is 0 Å². The van der Waals surface area contributed by atoms with Crippen molar-refractivity contribution in [1.82, 2.24) is 0 Å². The number of unbranched alkanes of at least 4 members (excludes halogenated alkanes) is 2. The summed E-state index contributed by atoms with van der Waals surface area (Å²) in [5, 5.41) is 10.0. The molecule has 23 heavy (non-hydrogen) atoms. The summed E-state index contributed by atoms with van der Waals surface area (Å²) in [4.78, 5) is 0. The van der Waals surface area contributed by atoms with Gasteiger partial charge in [-0.3, -0.25) is 0 Å². The first-order chi connectivity index (χ1) is 11.0. The molecule has 1 fully saturated rings. The van der Waals surface area contributed by atoms with Crippen molar-refractivity contribution in [2.24, 2.45) is 17.3 Å². The summed E-state index contributed by atoms with van der Waals surface area (Å²) >= 11 is 0. The number of hydrogen-bond acceptors (Lipinski definition) is 1. The zero-order valence-electron chi connectivity index (χ0n) is 15.9. The maximum atomic E-state index is 10.0. The van der Waals surface area contributed by atoms with Gasteiger partial charge in [-0.25, -0.2) is 0 Å². The number of aliphatic hydroxyl groups excluding tert-OH is 1. The van der Waals surface area contributed by atoms with Gasteiger partial charge in [0.25, 0.3) is 0 Å². The van der Waals surface area contributed by atoms with Crippen LogP contribution in [0.2, 0.25) is 0 Å². The summed E-state index contributed by atoms with van der Waals surface area (Å²) in [6, 6.07) is 0. The summed E-state index contributed by atoms with van der Waals surface area (Å²) in [5.74, 6) is 1.39. The van der Waals surface area contributed by atoms with E-state index in [1.807, 2.05) is 0 Å². The van der Waals surface area contributed by atoms with Gasteiger partial charge >= 0.3 is 0 Å². The van der Waals surface area contributed by atoms with Crippen molar-refractivity contribution < 1.29 is 5.11 Å². The van der Waals surface area contributed by atoms with Crippen molar-refractivity contribution in [3.05, 3.63) is 23.3 Å². The van der Waals surface area contributed by atoms with Gasteiger partial charge in [0.2, 0.25) is 0 Å². The fourth-order valence-corrected chi connectivity index (χ4v) is 4.63. The van der Waals surface area contributed by atoms with E-state index in [0.29, 0.717) is 17.3 Å². The molecule has 0 radical (unpaired) electrons. The maximum absolute atomic E-state index is 10.0. The van der Waals surface area contributed by atoms with Gasteiger partial charge in [0.05, 0.1) is 6.10 Å². The van der Waals surface area contributed by atoms with Gasteiger partial charge in [-0.15, -0.1) is 0 Å². The van der Waals surface area contributed by atoms with Gasteiger partial charge in [0, 0.05) is 0 Å². The van der Waals surface area contributed by atoms with E-state index >= 15 is 0 Å². The highest BCUT2D eigenvalue weighted by atomic mass is 16.3. The van der Waals surface area contributed by atoms with Crippen molar-refractivity contribution in [2.75, 3.05) is 0 Å². The van der Waals surface area contributed by atoms with E-state index in [2.05, 4.69) is 39.8 Å². The summed E-state index contributed by atoms with van der Waals surface area (Å²) in [5.41, 5.74) is 3.52.